The zero-order valence-corrected chi connectivity index (χ0v) is 14.9. The Morgan fingerprint density at radius 2 is 1.96 bits per heavy atom. The van der Waals surface area contributed by atoms with Crippen molar-refractivity contribution >= 4 is 22.1 Å². The van der Waals surface area contributed by atoms with Gasteiger partial charge in [-0.05, 0) is 49.6 Å². The third-order valence-electron chi connectivity index (χ3n) is 4.59. The summed E-state index contributed by atoms with van der Waals surface area (Å²) in [6.45, 7) is 3.89. The summed E-state index contributed by atoms with van der Waals surface area (Å²) in [5, 5.41) is 7.58. The second-order valence-electron chi connectivity index (χ2n) is 6.61. The Bertz CT molecular complexity index is 1120. The maximum atomic E-state index is 13.7. The minimum atomic E-state index is -4.59. The lowest BCUT2D eigenvalue weighted by atomic mass is 10.1. The largest absolute Gasteiger partial charge is 0.450 e. The molecular weight excluding hydrogens is 355 g/mol. The molecule has 0 saturated heterocycles. The van der Waals surface area contributed by atoms with Gasteiger partial charge in [-0.25, -0.2) is 9.97 Å². The van der Waals surface area contributed by atoms with Crippen LogP contribution in [0.2, 0.25) is 0 Å². The summed E-state index contributed by atoms with van der Waals surface area (Å²) in [6.07, 6.45) is -0.359. The number of aromatic nitrogens is 5. The van der Waals surface area contributed by atoms with Crippen molar-refractivity contribution in [3.8, 4) is 5.69 Å². The normalized spacial score (nSPS) is 12.3. The predicted molar refractivity (Wildman–Crippen MR) is 96.9 cm³/mol. The van der Waals surface area contributed by atoms with Gasteiger partial charge in [0.2, 0.25) is 5.82 Å². The molecule has 0 aliphatic rings. The number of pyridine rings is 1. The van der Waals surface area contributed by atoms with Gasteiger partial charge in [0, 0.05) is 11.1 Å². The molecule has 0 saturated carbocycles. The van der Waals surface area contributed by atoms with Gasteiger partial charge in [0.25, 0.3) is 0 Å². The third kappa shape index (κ3) is 3.05. The van der Waals surface area contributed by atoms with E-state index in [9.17, 15) is 13.2 Å². The molecule has 3 heterocycles. The number of imidazole rings is 1. The lowest BCUT2D eigenvalue weighted by Crippen LogP contribution is -2.14. The smallest absolute Gasteiger partial charge is 0.278 e. The van der Waals surface area contributed by atoms with E-state index in [1.807, 2.05) is 6.92 Å². The van der Waals surface area contributed by atoms with Crippen molar-refractivity contribution < 1.29 is 13.2 Å². The number of hydrogen-bond donors (Lipinski definition) is 1. The lowest BCUT2D eigenvalue weighted by molar-refractivity contribution is -0.145. The number of nitrogens with zero attached hydrogens (tertiary/aromatic N) is 4. The van der Waals surface area contributed by atoms with Crippen molar-refractivity contribution in [3.05, 3.63) is 47.5 Å². The molecule has 0 aliphatic carbocycles. The Labute approximate surface area is 153 Å². The summed E-state index contributed by atoms with van der Waals surface area (Å²) < 4.78 is 42.2. The topological polar surface area (TPSA) is 59.4 Å². The van der Waals surface area contributed by atoms with E-state index in [4.69, 9.17) is 0 Å². The summed E-state index contributed by atoms with van der Waals surface area (Å²) >= 11 is 0. The molecule has 1 aromatic carbocycles. The van der Waals surface area contributed by atoms with Crippen LogP contribution in [0.5, 0.6) is 0 Å². The number of nitrogens with one attached hydrogen (secondary N) is 1. The van der Waals surface area contributed by atoms with Gasteiger partial charge in [-0.1, -0.05) is 13.3 Å². The van der Waals surface area contributed by atoms with Crippen molar-refractivity contribution in [2.75, 3.05) is 0 Å². The highest BCUT2D eigenvalue weighted by Gasteiger charge is 2.38. The van der Waals surface area contributed by atoms with E-state index in [0.717, 1.165) is 46.0 Å². The van der Waals surface area contributed by atoms with Gasteiger partial charge in [-0.15, -0.1) is 0 Å². The van der Waals surface area contributed by atoms with Crippen LogP contribution in [0.25, 0.3) is 27.8 Å². The Kier molecular flexibility index (Phi) is 4.13. The standard InChI is InChI=1S/C19H18F3N5/c1-3-4-5-13-6-7-15-17(24-13)27(18(25-15)19(20,21)22)14-8-11(2)16-12(9-14)10-23-26-16/h6-10H,3-5H2,1-2H3,(H,23,26). The zero-order valence-electron chi connectivity index (χ0n) is 14.9. The molecule has 27 heavy (non-hydrogen) atoms. The van der Waals surface area contributed by atoms with Gasteiger partial charge in [0.15, 0.2) is 5.65 Å². The average Bonchev–Trinajstić information content (AvgIpc) is 3.23. The van der Waals surface area contributed by atoms with Gasteiger partial charge in [0.1, 0.15) is 5.52 Å². The Morgan fingerprint density at radius 3 is 2.70 bits per heavy atom. The lowest BCUT2D eigenvalue weighted by Gasteiger charge is -2.12. The van der Waals surface area contributed by atoms with E-state index in [0.29, 0.717) is 5.69 Å². The SMILES string of the molecule is CCCCc1ccc2nc(C(F)(F)F)n(-c3cc(C)c4[nH]ncc4c3)c2n1. The first-order chi connectivity index (χ1) is 12.9. The maximum Gasteiger partial charge on any atom is 0.450 e. The molecule has 0 fully saturated rings. The molecule has 8 heteroatoms. The fourth-order valence-corrected chi connectivity index (χ4v) is 3.27. The van der Waals surface area contributed by atoms with Crippen LogP contribution in [-0.4, -0.2) is 24.7 Å². The highest BCUT2D eigenvalue weighted by molar-refractivity contribution is 5.85. The number of fused-ring (bicyclic) bond motifs is 2. The molecule has 5 nitrogen and oxygen atoms in total. The molecule has 0 amide bonds. The second-order valence-corrected chi connectivity index (χ2v) is 6.61. The van der Waals surface area contributed by atoms with Gasteiger partial charge in [-0.3, -0.25) is 9.67 Å². The van der Waals surface area contributed by atoms with Crippen LogP contribution in [0.4, 0.5) is 13.2 Å². The predicted octanol–water partition coefficient (Wildman–Crippen LogP) is 4.97. The Balaban J connectivity index is 1.99. The minimum Gasteiger partial charge on any atom is -0.278 e. The quantitative estimate of drug-likeness (QED) is 0.550. The Hall–Kier alpha value is -2.90. The molecule has 0 radical (unpaired) electrons. The number of alkyl halides is 3. The molecule has 0 bridgehead atoms. The fourth-order valence-electron chi connectivity index (χ4n) is 3.27. The van der Waals surface area contributed by atoms with Crippen LogP contribution in [0, 0.1) is 6.92 Å². The summed E-state index contributed by atoms with van der Waals surface area (Å²) in [7, 11) is 0. The second kappa shape index (κ2) is 6.37. The zero-order chi connectivity index (χ0) is 19.2. The van der Waals surface area contributed by atoms with Crippen molar-refractivity contribution in [2.45, 2.75) is 39.3 Å². The van der Waals surface area contributed by atoms with E-state index in [1.165, 1.54) is 0 Å². The van der Waals surface area contributed by atoms with E-state index in [2.05, 4.69) is 27.1 Å². The van der Waals surface area contributed by atoms with Crippen molar-refractivity contribution in [3.63, 3.8) is 0 Å². The monoisotopic (exact) mass is 373 g/mol. The van der Waals surface area contributed by atoms with Gasteiger partial charge >= 0.3 is 6.18 Å². The average molecular weight is 373 g/mol. The number of halogens is 3. The first kappa shape index (κ1) is 17.5. The summed E-state index contributed by atoms with van der Waals surface area (Å²) in [4.78, 5) is 8.33. The van der Waals surface area contributed by atoms with Crippen molar-refractivity contribution in [1.82, 2.24) is 24.7 Å². The number of H-pyrrole nitrogens is 1. The van der Waals surface area contributed by atoms with Crippen LogP contribution in [0.1, 0.15) is 36.8 Å². The molecule has 0 atom stereocenters. The van der Waals surface area contributed by atoms with E-state index in [1.54, 1.807) is 30.5 Å². The maximum absolute atomic E-state index is 13.7. The number of hydrogen-bond acceptors (Lipinski definition) is 3. The molecular formula is C19H18F3N5. The Morgan fingerprint density at radius 1 is 1.15 bits per heavy atom. The van der Waals surface area contributed by atoms with E-state index < -0.39 is 12.0 Å². The molecule has 140 valence electrons. The molecule has 1 N–H and O–H groups in total. The van der Waals surface area contributed by atoms with Crippen LogP contribution < -0.4 is 0 Å². The number of aryl methyl sites for hydroxylation is 2. The van der Waals surface area contributed by atoms with Crippen molar-refractivity contribution in [2.24, 2.45) is 0 Å². The van der Waals surface area contributed by atoms with E-state index >= 15 is 0 Å². The van der Waals surface area contributed by atoms with Crippen molar-refractivity contribution in [1.29, 1.82) is 0 Å². The fraction of sp³-hybridized carbons (Fsp3) is 0.316. The summed E-state index contributed by atoms with van der Waals surface area (Å²) in [5.74, 6) is -0.972. The molecule has 0 spiro atoms. The van der Waals surface area contributed by atoms with Crippen LogP contribution in [0.3, 0.4) is 0 Å². The number of aromatic amines is 1. The minimum absolute atomic E-state index is 0.221. The molecule has 4 aromatic rings. The van der Waals surface area contributed by atoms with Gasteiger partial charge in [-0.2, -0.15) is 18.3 Å². The summed E-state index contributed by atoms with van der Waals surface area (Å²) in [5.41, 5.74) is 3.19. The van der Waals surface area contributed by atoms with Crippen LogP contribution >= 0.6 is 0 Å². The highest BCUT2D eigenvalue weighted by atomic mass is 19.4. The van der Waals surface area contributed by atoms with Crippen LogP contribution in [-0.2, 0) is 12.6 Å². The number of benzene rings is 1. The summed E-state index contributed by atoms with van der Waals surface area (Å²) in [6, 6.07) is 6.72. The van der Waals surface area contributed by atoms with Gasteiger partial charge in [0.05, 0.1) is 17.4 Å². The molecule has 0 unspecified atom stereocenters. The molecule has 4 rings (SSSR count). The van der Waals surface area contributed by atoms with Gasteiger partial charge < -0.3 is 0 Å². The number of unbranched alkanes of at least 4 members (excludes halogenated alkanes) is 1. The highest BCUT2D eigenvalue weighted by Crippen LogP contribution is 2.34. The molecule has 0 aliphatic heterocycles. The van der Waals surface area contributed by atoms with Crippen LogP contribution in [0.15, 0.2) is 30.5 Å². The first-order valence-electron chi connectivity index (χ1n) is 8.78. The first-order valence-corrected chi connectivity index (χ1v) is 8.78. The number of rotatable bonds is 4. The molecule has 3 aromatic heterocycles. The van der Waals surface area contributed by atoms with E-state index in [-0.39, 0.29) is 11.2 Å². The third-order valence-corrected chi connectivity index (χ3v) is 4.59.